The monoisotopic (exact) mass is 415 g/mol. The van der Waals surface area contributed by atoms with Crippen molar-refractivity contribution in [1.29, 1.82) is 0 Å². The molecule has 0 bridgehead atoms. The summed E-state index contributed by atoms with van der Waals surface area (Å²) in [7, 11) is 1.82. The Bertz CT molecular complexity index is 1280. The van der Waals surface area contributed by atoms with Gasteiger partial charge in [-0.2, -0.15) is 0 Å². The van der Waals surface area contributed by atoms with E-state index in [0.717, 1.165) is 35.7 Å². The molecule has 1 fully saturated rings. The molecule has 7 nitrogen and oxygen atoms in total. The summed E-state index contributed by atoms with van der Waals surface area (Å²) in [6.45, 7) is 5.75. The fourth-order valence-corrected chi connectivity index (χ4v) is 4.09. The maximum Gasteiger partial charge on any atom is 0.274 e. The van der Waals surface area contributed by atoms with Crippen molar-refractivity contribution < 1.29 is 4.74 Å². The van der Waals surface area contributed by atoms with Gasteiger partial charge in [-0.1, -0.05) is 30.3 Å². The highest BCUT2D eigenvalue weighted by Gasteiger charge is 2.15. The number of benzene rings is 2. The number of morpholine rings is 1. The normalized spacial score (nSPS) is 14.3. The lowest BCUT2D eigenvalue weighted by Crippen LogP contribution is -2.37. The molecule has 0 unspecified atom stereocenters. The van der Waals surface area contributed by atoms with E-state index < -0.39 is 0 Å². The van der Waals surface area contributed by atoms with E-state index in [-0.39, 0.29) is 5.56 Å². The Kier molecular flexibility index (Phi) is 5.03. The highest BCUT2D eigenvalue weighted by atomic mass is 16.5. The van der Waals surface area contributed by atoms with Crippen LogP contribution in [0.1, 0.15) is 11.1 Å². The fraction of sp³-hybridized carbons (Fsp3) is 0.292. The van der Waals surface area contributed by atoms with Gasteiger partial charge in [-0.05, 0) is 35.7 Å². The average Bonchev–Trinajstić information content (AvgIpc) is 3.05. The van der Waals surface area contributed by atoms with Crippen molar-refractivity contribution in [2.24, 2.45) is 7.05 Å². The Balaban J connectivity index is 1.52. The average molecular weight is 415 g/mol. The molecule has 158 valence electrons. The zero-order valence-electron chi connectivity index (χ0n) is 17.8. The second-order valence-electron chi connectivity index (χ2n) is 7.92. The van der Waals surface area contributed by atoms with Crippen LogP contribution >= 0.6 is 0 Å². The Hall–Kier alpha value is -3.45. The first-order chi connectivity index (χ1) is 15.1. The second-order valence-corrected chi connectivity index (χ2v) is 7.92. The molecule has 1 saturated heterocycles. The van der Waals surface area contributed by atoms with E-state index in [1.165, 1.54) is 11.1 Å². The van der Waals surface area contributed by atoms with Crippen LogP contribution in [0.3, 0.4) is 0 Å². The minimum Gasteiger partial charge on any atom is -0.378 e. The minimum absolute atomic E-state index is 0.00838. The first-order valence-corrected chi connectivity index (χ1v) is 10.5. The van der Waals surface area contributed by atoms with Crippen LogP contribution in [0.4, 0.5) is 5.95 Å². The number of nitrogens with zero attached hydrogens (tertiary/aromatic N) is 5. The second kappa shape index (κ2) is 8.00. The summed E-state index contributed by atoms with van der Waals surface area (Å²) in [6.07, 6.45) is 3.71. The van der Waals surface area contributed by atoms with Gasteiger partial charge in [0.2, 0.25) is 5.95 Å². The van der Waals surface area contributed by atoms with E-state index in [0.29, 0.717) is 25.1 Å². The van der Waals surface area contributed by atoms with Crippen molar-refractivity contribution in [2.45, 2.75) is 13.5 Å². The van der Waals surface area contributed by atoms with Gasteiger partial charge < -0.3 is 9.64 Å². The summed E-state index contributed by atoms with van der Waals surface area (Å²) in [5, 5.41) is 0.714. The molecule has 0 spiro atoms. The predicted molar refractivity (Wildman–Crippen MR) is 122 cm³/mol. The SMILES string of the molecule is Cc1ccccc1Cn1c2cc(-c3cnc(N4CCOCC4)nc3)ccc2c(=O)n1C. The van der Waals surface area contributed by atoms with Gasteiger partial charge >= 0.3 is 0 Å². The van der Waals surface area contributed by atoms with Crippen LogP contribution in [-0.2, 0) is 18.3 Å². The number of rotatable bonds is 4. The van der Waals surface area contributed by atoms with E-state index in [4.69, 9.17) is 4.74 Å². The fourth-order valence-electron chi connectivity index (χ4n) is 4.09. The van der Waals surface area contributed by atoms with E-state index in [2.05, 4.69) is 40.0 Å². The summed E-state index contributed by atoms with van der Waals surface area (Å²) in [4.78, 5) is 24.1. The quantitative estimate of drug-likeness (QED) is 0.513. The van der Waals surface area contributed by atoms with Gasteiger partial charge in [-0.15, -0.1) is 0 Å². The maximum atomic E-state index is 12.8. The molecule has 1 aliphatic rings. The standard InChI is InChI=1S/C24H25N5O2/c1-17-5-3-4-6-19(17)16-29-22-13-18(7-8-21(22)23(30)27(29)2)20-14-25-24(26-15-20)28-9-11-31-12-10-28/h3-8,13-15H,9-12,16H2,1-2H3. The molecule has 0 amide bonds. The highest BCUT2D eigenvalue weighted by molar-refractivity contribution is 5.84. The summed E-state index contributed by atoms with van der Waals surface area (Å²) in [5.41, 5.74) is 5.24. The van der Waals surface area contributed by atoms with Gasteiger partial charge in [-0.25, -0.2) is 9.97 Å². The van der Waals surface area contributed by atoms with Crippen LogP contribution in [0, 0.1) is 6.92 Å². The first-order valence-electron chi connectivity index (χ1n) is 10.5. The van der Waals surface area contributed by atoms with Crippen LogP contribution < -0.4 is 10.5 Å². The molecule has 4 aromatic rings. The minimum atomic E-state index is 0.00838. The van der Waals surface area contributed by atoms with Gasteiger partial charge in [0.1, 0.15) is 0 Å². The Labute approximate surface area is 180 Å². The molecule has 0 aliphatic carbocycles. The summed E-state index contributed by atoms with van der Waals surface area (Å²) in [6, 6.07) is 14.2. The van der Waals surface area contributed by atoms with Gasteiger partial charge in [0.15, 0.2) is 0 Å². The summed E-state index contributed by atoms with van der Waals surface area (Å²) < 4.78 is 9.13. The topological polar surface area (TPSA) is 65.2 Å². The number of hydrogen-bond donors (Lipinski definition) is 0. The molecule has 0 N–H and O–H groups in total. The molecule has 0 radical (unpaired) electrons. The van der Waals surface area contributed by atoms with Gasteiger partial charge in [-0.3, -0.25) is 14.2 Å². The first kappa shape index (κ1) is 19.5. The van der Waals surface area contributed by atoms with E-state index in [9.17, 15) is 4.79 Å². The van der Waals surface area contributed by atoms with Crippen molar-refractivity contribution in [3.63, 3.8) is 0 Å². The van der Waals surface area contributed by atoms with E-state index in [1.807, 2.05) is 48.4 Å². The Morgan fingerprint density at radius 3 is 2.48 bits per heavy atom. The number of aromatic nitrogens is 4. The van der Waals surface area contributed by atoms with Crippen LogP contribution in [0.15, 0.2) is 59.7 Å². The lowest BCUT2D eigenvalue weighted by Gasteiger charge is -2.26. The molecule has 2 aromatic heterocycles. The lowest BCUT2D eigenvalue weighted by molar-refractivity contribution is 0.122. The predicted octanol–water partition coefficient (Wildman–Crippen LogP) is 2.99. The lowest BCUT2D eigenvalue weighted by atomic mass is 10.1. The van der Waals surface area contributed by atoms with Crippen LogP contribution in [0.25, 0.3) is 22.0 Å². The molecule has 31 heavy (non-hydrogen) atoms. The molecular weight excluding hydrogens is 390 g/mol. The smallest absolute Gasteiger partial charge is 0.274 e. The van der Waals surface area contributed by atoms with Gasteiger partial charge in [0.05, 0.1) is 30.7 Å². The van der Waals surface area contributed by atoms with Crippen molar-refractivity contribution in [1.82, 2.24) is 19.3 Å². The molecule has 5 rings (SSSR count). The zero-order chi connectivity index (χ0) is 21.4. The molecule has 7 heteroatoms. The summed E-state index contributed by atoms with van der Waals surface area (Å²) >= 11 is 0. The van der Waals surface area contributed by atoms with Crippen LogP contribution in [-0.4, -0.2) is 45.6 Å². The van der Waals surface area contributed by atoms with Crippen molar-refractivity contribution >= 4 is 16.9 Å². The molecule has 3 heterocycles. The Morgan fingerprint density at radius 2 is 1.74 bits per heavy atom. The van der Waals surface area contributed by atoms with Crippen LogP contribution in [0.5, 0.6) is 0 Å². The number of ether oxygens (including phenoxy) is 1. The molecule has 0 saturated carbocycles. The van der Waals surface area contributed by atoms with E-state index >= 15 is 0 Å². The van der Waals surface area contributed by atoms with Crippen molar-refractivity contribution in [3.05, 3.63) is 76.3 Å². The maximum absolute atomic E-state index is 12.8. The third-order valence-electron chi connectivity index (χ3n) is 6.01. The third kappa shape index (κ3) is 3.61. The Morgan fingerprint density at radius 1 is 1.00 bits per heavy atom. The van der Waals surface area contributed by atoms with Crippen molar-refractivity contribution in [3.8, 4) is 11.1 Å². The van der Waals surface area contributed by atoms with E-state index in [1.54, 1.807) is 4.68 Å². The molecule has 0 atom stereocenters. The summed E-state index contributed by atoms with van der Waals surface area (Å²) in [5.74, 6) is 0.726. The molecule has 1 aliphatic heterocycles. The van der Waals surface area contributed by atoms with Gasteiger partial charge in [0, 0.05) is 38.1 Å². The number of anilines is 1. The third-order valence-corrected chi connectivity index (χ3v) is 6.01. The zero-order valence-corrected chi connectivity index (χ0v) is 17.8. The number of aryl methyl sites for hydroxylation is 1. The number of hydrogen-bond acceptors (Lipinski definition) is 5. The van der Waals surface area contributed by atoms with Gasteiger partial charge in [0.25, 0.3) is 5.56 Å². The van der Waals surface area contributed by atoms with Crippen molar-refractivity contribution in [2.75, 3.05) is 31.2 Å². The van der Waals surface area contributed by atoms with Crippen LogP contribution in [0.2, 0.25) is 0 Å². The highest BCUT2D eigenvalue weighted by Crippen LogP contribution is 2.24. The number of fused-ring (bicyclic) bond motifs is 1. The molecular formula is C24H25N5O2. The largest absolute Gasteiger partial charge is 0.378 e. The molecule has 2 aromatic carbocycles.